The normalized spacial score (nSPS) is 17.4. The van der Waals surface area contributed by atoms with Gasteiger partial charge in [-0.2, -0.15) is 0 Å². The van der Waals surface area contributed by atoms with Gasteiger partial charge in [-0.1, -0.05) is 0 Å². The van der Waals surface area contributed by atoms with Gasteiger partial charge in [0.1, 0.15) is 5.60 Å². The van der Waals surface area contributed by atoms with E-state index in [0.717, 1.165) is 32.5 Å². The first-order valence-corrected chi connectivity index (χ1v) is 10.6. The van der Waals surface area contributed by atoms with Crippen LogP contribution in [0.1, 0.15) is 44.0 Å². The SMILES string of the molecule is CC(C)(C)OC(=O)N1CCN(CCNC(=O)c2ccc(NC(=O)C3CC3)cc2)CC1. The van der Waals surface area contributed by atoms with Crippen molar-refractivity contribution in [3.8, 4) is 0 Å². The van der Waals surface area contributed by atoms with Crippen molar-refractivity contribution < 1.29 is 19.1 Å². The molecule has 0 unspecified atom stereocenters. The minimum absolute atomic E-state index is 0.0546. The summed E-state index contributed by atoms with van der Waals surface area (Å²) < 4.78 is 5.41. The molecule has 0 atom stereocenters. The average molecular weight is 417 g/mol. The molecule has 3 amide bonds. The molecule has 0 bridgehead atoms. The molecule has 1 aromatic carbocycles. The van der Waals surface area contributed by atoms with Gasteiger partial charge in [0.25, 0.3) is 5.91 Å². The highest BCUT2D eigenvalue weighted by Crippen LogP contribution is 2.30. The van der Waals surface area contributed by atoms with Crippen molar-refractivity contribution in [3.63, 3.8) is 0 Å². The quantitative estimate of drug-likeness (QED) is 0.743. The monoisotopic (exact) mass is 416 g/mol. The average Bonchev–Trinajstić information content (AvgIpc) is 3.53. The van der Waals surface area contributed by atoms with Gasteiger partial charge in [0.2, 0.25) is 5.91 Å². The summed E-state index contributed by atoms with van der Waals surface area (Å²) in [6.45, 7) is 9.60. The summed E-state index contributed by atoms with van der Waals surface area (Å²) in [6.07, 6.45) is 1.65. The van der Waals surface area contributed by atoms with E-state index in [2.05, 4.69) is 15.5 Å². The van der Waals surface area contributed by atoms with Crippen LogP contribution in [0, 0.1) is 5.92 Å². The van der Waals surface area contributed by atoms with Crippen LogP contribution in [0.3, 0.4) is 0 Å². The van der Waals surface area contributed by atoms with Crippen molar-refractivity contribution in [2.45, 2.75) is 39.2 Å². The molecule has 0 aromatic heterocycles. The van der Waals surface area contributed by atoms with Crippen LogP contribution in [0.15, 0.2) is 24.3 Å². The summed E-state index contributed by atoms with van der Waals surface area (Å²) in [6, 6.07) is 6.95. The summed E-state index contributed by atoms with van der Waals surface area (Å²) in [7, 11) is 0. The Balaban J connectivity index is 1.35. The fourth-order valence-corrected chi connectivity index (χ4v) is 3.20. The number of ether oxygens (including phenoxy) is 1. The van der Waals surface area contributed by atoms with Crippen LogP contribution in [-0.2, 0) is 9.53 Å². The maximum atomic E-state index is 12.3. The van der Waals surface area contributed by atoms with Gasteiger partial charge in [0.15, 0.2) is 0 Å². The first-order valence-electron chi connectivity index (χ1n) is 10.6. The van der Waals surface area contributed by atoms with Gasteiger partial charge in [0.05, 0.1) is 0 Å². The zero-order valence-corrected chi connectivity index (χ0v) is 18.1. The molecule has 2 aliphatic rings. The second-order valence-electron chi connectivity index (χ2n) is 8.91. The minimum Gasteiger partial charge on any atom is -0.444 e. The van der Waals surface area contributed by atoms with E-state index in [1.165, 1.54) is 0 Å². The number of benzene rings is 1. The van der Waals surface area contributed by atoms with E-state index >= 15 is 0 Å². The zero-order chi connectivity index (χ0) is 21.7. The fourth-order valence-electron chi connectivity index (χ4n) is 3.20. The predicted octanol–water partition coefficient (Wildman–Crippen LogP) is 2.32. The van der Waals surface area contributed by atoms with Crippen molar-refractivity contribution in [1.82, 2.24) is 15.1 Å². The van der Waals surface area contributed by atoms with Gasteiger partial charge in [-0.25, -0.2) is 4.79 Å². The molecule has 2 fully saturated rings. The highest BCUT2D eigenvalue weighted by Gasteiger charge is 2.29. The van der Waals surface area contributed by atoms with Gasteiger partial charge in [-0.3, -0.25) is 14.5 Å². The van der Waals surface area contributed by atoms with Gasteiger partial charge in [-0.15, -0.1) is 0 Å². The van der Waals surface area contributed by atoms with E-state index in [9.17, 15) is 14.4 Å². The second-order valence-corrected chi connectivity index (χ2v) is 8.91. The fraction of sp³-hybridized carbons (Fsp3) is 0.591. The molecule has 8 nitrogen and oxygen atoms in total. The van der Waals surface area contributed by atoms with E-state index < -0.39 is 5.60 Å². The van der Waals surface area contributed by atoms with Crippen LogP contribution in [0.2, 0.25) is 0 Å². The Hall–Kier alpha value is -2.61. The maximum absolute atomic E-state index is 12.3. The van der Waals surface area contributed by atoms with Crippen molar-refractivity contribution >= 4 is 23.6 Å². The van der Waals surface area contributed by atoms with Crippen molar-refractivity contribution in [2.75, 3.05) is 44.6 Å². The number of carbonyl (C=O) groups is 3. The summed E-state index contributed by atoms with van der Waals surface area (Å²) in [5.74, 6) is 0.0698. The number of amides is 3. The molecule has 3 rings (SSSR count). The van der Waals surface area contributed by atoms with Crippen LogP contribution in [-0.4, -0.2) is 72.6 Å². The second kappa shape index (κ2) is 9.47. The van der Waals surface area contributed by atoms with Crippen LogP contribution < -0.4 is 10.6 Å². The number of hydrogen-bond acceptors (Lipinski definition) is 5. The first kappa shape index (κ1) is 22.1. The number of rotatable bonds is 6. The molecular weight excluding hydrogens is 384 g/mol. The van der Waals surface area contributed by atoms with Crippen LogP contribution in [0.5, 0.6) is 0 Å². The molecule has 1 saturated carbocycles. The highest BCUT2D eigenvalue weighted by atomic mass is 16.6. The molecule has 0 radical (unpaired) electrons. The number of carbonyl (C=O) groups excluding carboxylic acids is 3. The van der Waals surface area contributed by atoms with Gasteiger partial charge < -0.3 is 20.3 Å². The van der Waals surface area contributed by atoms with Crippen molar-refractivity contribution in [2.24, 2.45) is 5.92 Å². The van der Waals surface area contributed by atoms with E-state index in [4.69, 9.17) is 4.74 Å². The highest BCUT2D eigenvalue weighted by molar-refractivity contribution is 5.96. The molecule has 0 spiro atoms. The number of piperazine rings is 1. The zero-order valence-electron chi connectivity index (χ0n) is 18.1. The third kappa shape index (κ3) is 6.73. The largest absolute Gasteiger partial charge is 0.444 e. The number of anilines is 1. The summed E-state index contributed by atoms with van der Waals surface area (Å²) in [5, 5.41) is 5.79. The van der Waals surface area contributed by atoms with Crippen LogP contribution in [0.4, 0.5) is 10.5 Å². The van der Waals surface area contributed by atoms with E-state index in [0.29, 0.717) is 30.9 Å². The molecule has 1 aliphatic heterocycles. The van der Waals surface area contributed by atoms with Gasteiger partial charge in [-0.05, 0) is 57.9 Å². The Kier molecular flexibility index (Phi) is 6.97. The van der Waals surface area contributed by atoms with Crippen molar-refractivity contribution in [1.29, 1.82) is 0 Å². The Bertz CT molecular complexity index is 760. The lowest BCUT2D eigenvalue weighted by molar-refractivity contribution is -0.117. The third-order valence-corrected chi connectivity index (χ3v) is 5.10. The molecule has 1 aliphatic carbocycles. The molecule has 8 heteroatoms. The minimum atomic E-state index is -0.487. The molecular formula is C22H32N4O4. The lowest BCUT2D eigenvalue weighted by Gasteiger charge is -2.35. The molecule has 1 saturated heterocycles. The van der Waals surface area contributed by atoms with E-state index in [1.54, 1.807) is 29.2 Å². The van der Waals surface area contributed by atoms with Gasteiger partial charge in [0, 0.05) is 56.4 Å². The number of nitrogens with zero attached hydrogens (tertiary/aromatic N) is 2. The molecule has 164 valence electrons. The van der Waals surface area contributed by atoms with E-state index in [1.807, 2.05) is 20.8 Å². The Labute approximate surface area is 177 Å². The third-order valence-electron chi connectivity index (χ3n) is 5.10. The lowest BCUT2D eigenvalue weighted by Crippen LogP contribution is -2.51. The molecule has 2 N–H and O–H groups in total. The smallest absolute Gasteiger partial charge is 0.410 e. The Morgan fingerprint density at radius 3 is 2.23 bits per heavy atom. The predicted molar refractivity (Wildman–Crippen MR) is 114 cm³/mol. The lowest BCUT2D eigenvalue weighted by atomic mass is 10.2. The number of nitrogens with one attached hydrogen (secondary N) is 2. The van der Waals surface area contributed by atoms with Crippen molar-refractivity contribution in [3.05, 3.63) is 29.8 Å². The van der Waals surface area contributed by atoms with E-state index in [-0.39, 0.29) is 23.8 Å². The topological polar surface area (TPSA) is 91.0 Å². The molecule has 30 heavy (non-hydrogen) atoms. The summed E-state index contributed by atoms with van der Waals surface area (Å²) in [4.78, 5) is 40.2. The van der Waals surface area contributed by atoms with Crippen LogP contribution in [0.25, 0.3) is 0 Å². The number of hydrogen-bond donors (Lipinski definition) is 2. The summed E-state index contributed by atoms with van der Waals surface area (Å²) >= 11 is 0. The Morgan fingerprint density at radius 1 is 1.03 bits per heavy atom. The van der Waals surface area contributed by atoms with Crippen LogP contribution >= 0.6 is 0 Å². The standard InChI is InChI=1S/C22H32N4O4/c1-22(2,3)30-21(29)26-14-12-25(13-15-26)11-10-23-19(27)16-6-8-18(9-7-16)24-20(28)17-4-5-17/h6-9,17H,4-5,10-15H2,1-3H3,(H,23,27)(H,24,28). The first-order chi connectivity index (χ1) is 14.2. The Morgan fingerprint density at radius 2 is 1.67 bits per heavy atom. The maximum Gasteiger partial charge on any atom is 0.410 e. The molecule has 1 heterocycles. The summed E-state index contributed by atoms with van der Waals surface area (Å²) in [5.41, 5.74) is 0.792. The van der Waals surface area contributed by atoms with Gasteiger partial charge >= 0.3 is 6.09 Å². The molecule has 1 aromatic rings.